The second-order valence-electron chi connectivity index (χ2n) is 11.6. The molecule has 0 N–H and O–H groups in total. The predicted molar refractivity (Wildman–Crippen MR) is 175 cm³/mol. The lowest BCUT2D eigenvalue weighted by Crippen LogP contribution is -2.25. The molecule has 5 aromatic rings. The van der Waals surface area contributed by atoms with E-state index in [2.05, 4.69) is 23.8 Å². The lowest BCUT2D eigenvalue weighted by atomic mass is 9.97. The zero-order valence-electron chi connectivity index (χ0n) is 26.7. The molecule has 0 spiro atoms. The van der Waals surface area contributed by atoms with Crippen LogP contribution in [0.1, 0.15) is 43.7 Å². The van der Waals surface area contributed by atoms with Gasteiger partial charge in [-0.2, -0.15) is 8.78 Å². The van der Waals surface area contributed by atoms with Gasteiger partial charge in [0.1, 0.15) is 40.4 Å². The fraction of sp³-hybridized carbons (Fsp3) is 0.179. The summed E-state index contributed by atoms with van der Waals surface area (Å²) in [4.78, 5) is 0. The van der Waals surface area contributed by atoms with Crippen LogP contribution in [0.25, 0.3) is 33.4 Å². The molecule has 5 rings (SSSR count). The summed E-state index contributed by atoms with van der Waals surface area (Å²) in [7, 11) is 0. The van der Waals surface area contributed by atoms with Crippen molar-refractivity contribution in [2.24, 2.45) is 0 Å². The largest absolute Gasteiger partial charge is 0.432 e. The Morgan fingerprint density at radius 1 is 0.588 bits per heavy atom. The van der Waals surface area contributed by atoms with Gasteiger partial charge in [0.05, 0.1) is 10.6 Å². The number of allylic oxidation sites excluding steroid dienone is 2. The van der Waals surface area contributed by atoms with Crippen LogP contribution in [0.15, 0.2) is 84.9 Å². The monoisotopic (exact) mass is 736 g/mol. The first-order valence-electron chi connectivity index (χ1n) is 15.6. The van der Waals surface area contributed by atoms with Crippen molar-refractivity contribution in [1.29, 1.82) is 0 Å². The predicted octanol–water partition coefficient (Wildman–Crippen LogP) is 13.3. The van der Waals surface area contributed by atoms with Gasteiger partial charge >= 0.3 is 6.11 Å². The minimum Gasteiger partial charge on any atom is -0.429 e. The molecule has 0 heterocycles. The molecule has 5 aromatic carbocycles. The first-order chi connectivity index (χ1) is 24.2. The summed E-state index contributed by atoms with van der Waals surface area (Å²) in [6.07, 6.45) is 4.33. The van der Waals surface area contributed by atoms with Crippen molar-refractivity contribution in [3.8, 4) is 39.1 Å². The number of halogens is 11. The highest BCUT2D eigenvalue weighted by atomic mass is 35.5. The van der Waals surface area contributed by atoms with E-state index in [1.807, 2.05) is 12.1 Å². The Balaban J connectivity index is 1.36. The topological polar surface area (TPSA) is 9.23 Å². The van der Waals surface area contributed by atoms with Crippen molar-refractivity contribution >= 4 is 11.6 Å². The Bertz CT molecular complexity index is 2000. The fourth-order valence-electron chi connectivity index (χ4n) is 5.47. The van der Waals surface area contributed by atoms with Gasteiger partial charge in [-0.1, -0.05) is 67.8 Å². The summed E-state index contributed by atoms with van der Waals surface area (Å²) >= 11 is 6.33. The summed E-state index contributed by atoms with van der Waals surface area (Å²) in [6.45, 7) is 2.12. The third-order valence-corrected chi connectivity index (χ3v) is 8.27. The van der Waals surface area contributed by atoms with Crippen LogP contribution in [0.2, 0.25) is 5.02 Å². The summed E-state index contributed by atoms with van der Waals surface area (Å²) < 4.78 is 150. The van der Waals surface area contributed by atoms with Crippen molar-refractivity contribution in [3.05, 3.63) is 148 Å². The highest BCUT2D eigenvalue weighted by Gasteiger charge is 2.42. The maximum absolute atomic E-state index is 15.4. The normalized spacial score (nSPS) is 11.8. The number of aryl methyl sites for hydroxylation is 1. The van der Waals surface area contributed by atoms with Crippen LogP contribution in [0.5, 0.6) is 5.75 Å². The maximum atomic E-state index is 15.4. The van der Waals surface area contributed by atoms with Gasteiger partial charge in [-0.05, 0) is 83.5 Å². The fourth-order valence-corrected chi connectivity index (χ4v) is 5.78. The molecule has 266 valence electrons. The number of ether oxygens (including phenoxy) is 1. The molecule has 0 saturated heterocycles. The van der Waals surface area contributed by atoms with Crippen LogP contribution in [0, 0.1) is 46.5 Å². The molecule has 1 nitrogen and oxygen atoms in total. The molecule has 0 radical (unpaired) electrons. The second-order valence-corrected chi connectivity index (χ2v) is 12.0. The molecule has 0 aliphatic carbocycles. The quantitative estimate of drug-likeness (QED) is 0.0536. The minimum absolute atomic E-state index is 0.173. The Morgan fingerprint density at radius 2 is 1.10 bits per heavy atom. The number of hydrogen-bond donors (Lipinski definition) is 0. The lowest BCUT2D eigenvalue weighted by Gasteiger charge is -2.21. The van der Waals surface area contributed by atoms with E-state index < -0.39 is 86.2 Å². The standard InChI is InChI=1S/C39H27ClF10O/c1-2-3-4-5-6-7-8-21-9-11-22(12-10-21)23-13-27(40)35(28(41)14-23)24-15-31(44)37(32(45)16-24)39(49,50)51-26-19-29(42)36(30(43)20-26)25-17-33(46)38(48)34(47)18-25/h5-6,9-20H,2-4,7-8H2,1H3/b6-5+. The molecule has 12 heteroatoms. The van der Waals surface area contributed by atoms with Crippen molar-refractivity contribution in [3.63, 3.8) is 0 Å². The average molecular weight is 737 g/mol. The van der Waals surface area contributed by atoms with Crippen molar-refractivity contribution in [2.75, 3.05) is 0 Å². The minimum atomic E-state index is -4.88. The van der Waals surface area contributed by atoms with Gasteiger partial charge < -0.3 is 4.74 Å². The van der Waals surface area contributed by atoms with Gasteiger partial charge in [0.15, 0.2) is 17.5 Å². The summed E-state index contributed by atoms with van der Waals surface area (Å²) in [5.41, 5.74) is -2.89. The lowest BCUT2D eigenvalue weighted by molar-refractivity contribution is -0.189. The molecular weight excluding hydrogens is 710 g/mol. The molecule has 51 heavy (non-hydrogen) atoms. The Morgan fingerprint density at radius 3 is 1.67 bits per heavy atom. The van der Waals surface area contributed by atoms with E-state index in [1.54, 1.807) is 12.1 Å². The molecular formula is C39H27ClF10O. The Labute approximate surface area is 291 Å². The summed E-state index contributed by atoms with van der Waals surface area (Å²) in [6, 6.07) is 11.4. The number of unbranched alkanes of at least 4 members (excludes halogenated alkanes) is 2. The van der Waals surface area contributed by atoms with Crippen LogP contribution in [-0.2, 0) is 12.5 Å². The molecule has 0 aliphatic rings. The molecule has 0 amide bonds. The first kappa shape index (κ1) is 37.5. The molecule has 0 aliphatic heterocycles. The van der Waals surface area contributed by atoms with Crippen molar-refractivity contribution in [1.82, 2.24) is 0 Å². The summed E-state index contributed by atoms with van der Waals surface area (Å²) in [5, 5.41) is -0.271. The maximum Gasteiger partial charge on any atom is 0.432 e. The number of alkyl halides is 2. The van der Waals surface area contributed by atoms with E-state index in [0.717, 1.165) is 43.7 Å². The van der Waals surface area contributed by atoms with E-state index >= 15 is 22.0 Å². The van der Waals surface area contributed by atoms with Crippen LogP contribution < -0.4 is 4.74 Å². The highest BCUT2D eigenvalue weighted by Crippen LogP contribution is 2.41. The van der Waals surface area contributed by atoms with Gasteiger partial charge in [0.25, 0.3) is 0 Å². The highest BCUT2D eigenvalue weighted by molar-refractivity contribution is 6.33. The van der Waals surface area contributed by atoms with Gasteiger partial charge in [-0.25, -0.2) is 35.1 Å². The van der Waals surface area contributed by atoms with Crippen molar-refractivity contribution < 1.29 is 48.6 Å². The third kappa shape index (κ3) is 8.41. The van der Waals surface area contributed by atoms with Gasteiger partial charge in [-0.3, -0.25) is 0 Å². The van der Waals surface area contributed by atoms with Crippen LogP contribution in [0.4, 0.5) is 43.9 Å². The van der Waals surface area contributed by atoms with E-state index in [0.29, 0.717) is 23.3 Å². The zero-order chi connectivity index (χ0) is 37.0. The van der Waals surface area contributed by atoms with Gasteiger partial charge in [0.2, 0.25) is 0 Å². The number of hydrogen-bond acceptors (Lipinski definition) is 1. The van der Waals surface area contributed by atoms with Crippen molar-refractivity contribution in [2.45, 2.75) is 45.1 Å². The zero-order valence-corrected chi connectivity index (χ0v) is 27.4. The van der Waals surface area contributed by atoms with Gasteiger partial charge in [0, 0.05) is 17.7 Å². The SMILES string of the molecule is CCCC/C=C/CCc1ccc(-c2cc(F)c(-c3cc(F)c(C(F)(F)Oc4cc(F)c(-c5cc(F)c(F)c(F)c5)c(F)c4)c(F)c3)c(Cl)c2)cc1. The Kier molecular flexibility index (Phi) is 11.5. The van der Waals surface area contributed by atoms with E-state index in [9.17, 15) is 22.0 Å². The molecule has 0 fully saturated rings. The van der Waals surface area contributed by atoms with E-state index in [1.165, 1.54) is 6.07 Å². The van der Waals surface area contributed by atoms with E-state index in [-0.39, 0.29) is 29.3 Å². The Hall–Kier alpha value is -4.77. The first-order valence-corrected chi connectivity index (χ1v) is 16.0. The van der Waals surface area contributed by atoms with Crippen LogP contribution >= 0.6 is 11.6 Å². The van der Waals surface area contributed by atoms with Crippen LogP contribution in [0.3, 0.4) is 0 Å². The van der Waals surface area contributed by atoms with Gasteiger partial charge in [-0.15, -0.1) is 0 Å². The molecule has 0 atom stereocenters. The smallest absolute Gasteiger partial charge is 0.429 e. The number of benzene rings is 5. The molecule has 0 saturated carbocycles. The van der Waals surface area contributed by atoms with Crippen LogP contribution in [-0.4, -0.2) is 0 Å². The second kappa shape index (κ2) is 15.6. The summed E-state index contributed by atoms with van der Waals surface area (Å²) in [5.74, 6) is -14.9. The van der Waals surface area contributed by atoms with E-state index in [4.69, 9.17) is 11.6 Å². The third-order valence-electron chi connectivity index (χ3n) is 7.98. The average Bonchev–Trinajstić information content (AvgIpc) is 3.04. The molecule has 0 unspecified atom stereocenters. The molecule has 0 bridgehead atoms. The molecule has 0 aromatic heterocycles. The number of rotatable bonds is 12.